The molecule has 1 aliphatic heterocycles. The number of carbonyl (C=O) groups is 2. The first-order valence-corrected chi connectivity index (χ1v) is 8.94. The topological polar surface area (TPSA) is 112 Å². The third kappa shape index (κ3) is 4.06. The third-order valence-corrected chi connectivity index (χ3v) is 4.97. The number of rotatable bonds is 6. The van der Waals surface area contributed by atoms with Crippen molar-refractivity contribution in [1.82, 2.24) is 4.72 Å². The molecule has 8 nitrogen and oxygen atoms in total. The smallest absolute Gasteiger partial charge is 0.347 e. The summed E-state index contributed by atoms with van der Waals surface area (Å²) in [7, 11) is -3.75. The van der Waals surface area contributed by atoms with Gasteiger partial charge in [0.25, 0.3) is 0 Å². The Bertz CT molecular complexity index is 856. The molecule has 25 heavy (non-hydrogen) atoms. The molecule has 0 saturated carbocycles. The fourth-order valence-electron chi connectivity index (χ4n) is 2.21. The number of hydrogen-bond acceptors (Lipinski definition) is 7. The van der Waals surface area contributed by atoms with Gasteiger partial charge in [0, 0.05) is 6.42 Å². The van der Waals surface area contributed by atoms with Gasteiger partial charge in [-0.25, -0.2) is 22.7 Å². The third-order valence-electron chi connectivity index (χ3n) is 3.55. The summed E-state index contributed by atoms with van der Waals surface area (Å²) in [6, 6.07) is 8.52. The molecule has 1 fully saturated rings. The average Bonchev–Trinajstić information content (AvgIpc) is 3.25. The first kappa shape index (κ1) is 17.2. The molecule has 1 N–H and O–H groups in total. The Kier molecular flexibility index (Phi) is 4.86. The second-order valence-electron chi connectivity index (χ2n) is 5.28. The second kappa shape index (κ2) is 7.08. The van der Waals surface area contributed by atoms with Crippen LogP contribution in [0.4, 0.5) is 0 Å². The Hall–Kier alpha value is -2.65. The van der Waals surface area contributed by atoms with Gasteiger partial charge in [-0.3, -0.25) is 0 Å². The summed E-state index contributed by atoms with van der Waals surface area (Å²) in [6.45, 7) is 0.234. The zero-order valence-electron chi connectivity index (χ0n) is 13.0. The summed E-state index contributed by atoms with van der Waals surface area (Å²) < 4.78 is 41.6. The molecule has 0 spiro atoms. The zero-order chi connectivity index (χ0) is 17.9. The van der Waals surface area contributed by atoms with Gasteiger partial charge in [0.15, 0.2) is 0 Å². The Morgan fingerprint density at radius 3 is 2.60 bits per heavy atom. The van der Waals surface area contributed by atoms with E-state index in [1.54, 1.807) is 12.1 Å². The zero-order valence-corrected chi connectivity index (χ0v) is 13.8. The van der Waals surface area contributed by atoms with Crippen LogP contribution in [0.5, 0.6) is 0 Å². The molecular weight excluding hydrogens is 350 g/mol. The quantitative estimate of drug-likeness (QED) is 0.766. The van der Waals surface area contributed by atoms with Crippen molar-refractivity contribution < 1.29 is 31.9 Å². The van der Waals surface area contributed by atoms with Gasteiger partial charge in [0.2, 0.25) is 16.1 Å². The van der Waals surface area contributed by atoms with Crippen LogP contribution in [0.2, 0.25) is 0 Å². The molecule has 2 heterocycles. The minimum atomic E-state index is -3.75. The van der Waals surface area contributed by atoms with Crippen LogP contribution in [-0.4, -0.2) is 33.1 Å². The van der Waals surface area contributed by atoms with E-state index >= 15 is 0 Å². The monoisotopic (exact) mass is 365 g/mol. The van der Waals surface area contributed by atoms with Crippen LogP contribution in [0.15, 0.2) is 52.0 Å². The average molecular weight is 365 g/mol. The molecule has 1 saturated heterocycles. The van der Waals surface area contributed by atoms with Crippen LogP contribution >= 0.6 is 0 Å². The molecule has 1 aromatic heterocycles. The number of nitrogens with one attached hydrogen (secondary N) is 1. The van der Waals surface area contributed by atoms with Gasteiger partial charge in [0.1, 0.15) is 5.76 Å². The number of esters is 2. The van der Waals surface area contributed by atoms with Gasteiger partial charge in [-0.1, -0.05) is 0 Å². The lowest BCUT2D eigenvalue weighted by Crippen LogP contribution is -2.24. The number of carbonyl (C=O) groups excluding carboxylic acids is 2. The molecule has 132 valence electrons. The van der Waals surface area contributed by atoms with Crippen molar-refractivity contribution in [1.29, 1.82) is 0 Å². The van der Waals surface area contributed by atoms with E-state index in [0.29, 0.717) is 12.2 Å². The van der Waals surface area contributed by atoms with Crippen molar-refractivity contribution in [3.8, 4) is 0 Å². The van der Waals surface area contributed by atoms with E-state index < -0.39 is 28.1 Å². The lowest BCUT2D eigenvalue weighted by Gasteiger charge is -2.09. The van der Waals surface area contributed by atoms with E-state index in [1.807, 2.05) is 0 Å². The molecule has 0 aliphatic carbocycles. The molecule has 3 rings (SSSR count). The SMILES string of the molecule is O=C(O[C@H]1CCOC1=O)c1ccc(S(=O)(=O)NCc2ccco2)cc1. The molecule has 1 aromatic carbocycles. The highest BCUT2D eigenvalue weighted by atomic mass is 32.2. The van der Waals surface area contributed by atoms with Gasteiger partial charge >= 0.3 is 11.9 Å². The van der Waals surface area contributed by atoms with Crippen LogP contribution in [-0.2, 0) is 30.8 Å². The number of hydrogen-bond donors (Lipinski definition) is 1. The first-order valence-electron chi connectivity index (χ1n) is 7.45. The fraction of sp³-hybridized carbons (Fsp3) is 0.250. The maximum atomic E-state index is 12.2. The highest BCUT2D eigenvalue weighted by Gasteiger charge is 2.30. The fourth-order valence-corrected chi connectivity index (χ4v) is 3.21. The number of furan rings is 1. The highest BCUT2D eigenvalue weighted by Crippen LogP contribution is 2.16. The minimum Gasteiger partial charge on any atom is -0.468 e. The Morgan fingerprint density at radius 2 is 2.00 bits per heavy atom. The van der Waals surface area contributed by atoms with Crippen molar-refractivity contribution in [2.45, 2.75) is 24.0 Å². The van der Waals surface area contributed by atoms with E-state index in [1.165, 1.54) is 30.5 Å². The molecular formula is C16H15NO7S. The van der Waals surface area contributed by atoms with Crippen molar-refractivity contribution in [2.75, 3.05) is 6.61 Å². The predicted octanol–water partition coefficient (Wildman–Crippen LogP) is 1.23. The van der Waals surface area contributed by atoms with E-state index in [-0.39, 0.29) is 23.6 Å². The maximum Gasteiger partial charge on any atom is 0.347 e. The minimum absolute atomic E-state index is 0.00381. The summed E-state index contributed by atoms with van der Waals surface area (Å²) in [6.07, 6.45) is 0.851. The van der Waals surface area contributed by atoms with E-state index in [4.69, 9.17) is 13.9 Å². The molecule has 9 heteroatoms. The van der Waals surface area contributed by atoms with Crippen LogP contribution < -0.4 is 4.72 Å². The molecule has 1 aliphatic rings. The summed E-state index contributed by atoms with van der Waals surface area (Å²) >= 11 is 0. The number of ether oxygens (including phenoxy) is 2. The van der Waals surface area contributed by atoms with Gasteiger partial charge in [-0.05, 0) is 36.4 Å². The van der Waals surface area contributed by atoms with Crippen molar-refractivity contribution in [3.05, 3.63) is 54.0 Å². The highest BCUT2D eigenvalue weighted by molar-refractivity contribution is 7.89. The lowest BCUT2D eigenvalue weighted by atomic mass is 10.2. The van der Waals surface area contributed by atoms with Crippen LogP contribution in [0, 0.1) is 0 Å². The summed E-state index contributed by atoms with van der Waals surface area (Å²) in [5, 5.41) is 0. The van der Waals surface area contributed by atoms with Crippen LogP contribution in [0.1, 0.15) is 22.5 Å². The Labute approximate surface area is 143 Å². The van der Waals surface area contributed by atoms with Gasteiger partial charge in [-0.15, -0.1) is 0 Å². The van der Waals surface area contributed by atoms with Gasteiger partial charge < -0.3 is 13.9 Å². The predicted molar refractivity (Wildman–Crippen MR) is 84.0 cm³/mol. The molecule has 1 atom stereocenters. The van der Waals surface area contributed by atoms with Crippen molar-refractivity contribution in [3.63, 3.8) is 0 Å². The normalized spacial score (nSPS) is 17.3. The van der Waals surface area contributed by atoms with E-state index in [2.05, 4.69) is 4.72 Å². The Morgan fingerprint density at radius 1 is 1.24 bits per heavy atom. The summed E-state index contributed by atoms with van der Waals surface area (Å²) in [5.74, 6) is -0.807. The van der Waals surface area contributed by atoms with Crippen molar-refractivity contribution in [2.24, 2.45) is 0 Å². The molecule has 0 radical (unpaired) electrons. The number of cyclic esters (lactones) is 1. The van der Waals surface area contributed by atoms with Crippen LogP contribution in [0.3, 0.4) is 0 Å². The van der Waals surface area contributed by atoms with E-state index in [9.17, 15) is 18.0 Å². The molecule has 0 amide bonds. The largest absolute Gasteiger partial charge is 0.468 e. The number of sulfonamides is 1. The molecule has 0 bridgehead atoms. The summed E-state index contributed by atoms with van der Waals surface area (Å²) in [4.78, 5) is 23.3. The Balaban J connectivity index is 1.64. The van der Waals surface area contributed by atoms with Crippen LogP contribution in [0.25, 0.3) is 0 Å². The molecule has 0 unspecified atom stereocenters. The number of benzene rings is 1. The van der Waals surface area contributed by atoms with Gasteiger partial charge in [0.05, 0.1) is 29.9 Å². The standard InChI is InChI=1S/C16H15NO7S/c18-15(24-14-7-9-23-16(14)19)11-3-5-13(6-4-11)25(20,21)17-10-12-2-1-8-22-12/h1-6,8,14,17H,7,9-10H2/t14-/m0/s1. The first-order chi connectivity index (χ1) is 12.0. The summed E-state index contributed by atoms with van der Waals surface area (Å²) in [5.41, 5.74) is 0.143. The van der Waals surface area contributed by atoms with Crippen molar-refractivity contribution >= 4 is 22.0 Å². The second-order valence-corrected chi connectivity index (χ2v) is 7.05. The van der Waals surface area contributed by atoms with E-state index in [0.717, 1.165) is 0 Å². The maximum absolute atomic E-state index is 12.2. The van der Waals surface area contributed by atoms with Gasteiger partial charge in [-0.2, -0.15) is 0 Å². The lowest BCUT2D eigenvalue weighted by molar-refractivity contribution is -0.145. The molecule has 2 aromatic rings.